The fourth-order valence-electron chi connectivity index (χ4n) is 2.10. The van der Waals surface area contributed by atoms with E-state index in [4.69, 9.17) is 0 Å². The standard InChI is InChI=1S/C17H16O2/c1-11-6-4-9-16(12(11)2)14-7-5-8-15(10-14)17(19)13(3)18/h4-10H,1-3H3. The molecule has 2 rings (SSSR count). The van der Waals surface area contributed by atoms with Crippen LogP contribution in [-0.2, 0) is 4.79 Å². The van der Waals surface area contributed by atoms with Crippen molar-refractivity contribution >= 4 is 11.6 Å². The molecule has 0 atom stereocenters. The van der Waals surface area contributed by atoms with Gasteiger partial charge in [0, 0.05) is 12.5 Å². The highest BCUT2D eigenvalue weighted by molar-refractivity contribution is 6.43. The van der Waals surface area contributed by atoms with Gasteiger partial charge in [0.05, 0.1) is 0 Å². The molecule has 2 aromatic carbocycles. The molecule has 0 amide bonds. The van der Waals surface area contributed by atoms with E-state index in [9.17, 15) is 9.59 Å². The quantitative estimate of drug-likeness (QED) is 0.616. The summed E-state index contributed by atoms with van der Waals surface area (Å²) in [4.78, 5) is 22.9. The van der Waals surface area contributed by atoms with Crippen molar-refractivity contribution in [1.82, 2.24) is 0 Å². The first kappa shape index (κ1) is 13.2. The molecule has 2 nitrogen and oxygen atoms in total. The van der Waals surface area contributed by atoms with Crippen LogP contribution in [0.25, 0.3) is 11.1 Å². The van der Waals surface area contributed by atoms with E-state index in [0.717, 1.165) is 11.1 Å². The molecular formula is C17H16O2. The van der Waals surface area contributed by atoms with Crippen molar-refractivity contribution in [3.8, 4) is 11.1 Å². The van der Waals surface area contributed by atoms with E-state index < -0.39 is 11.6 Å². The first-order chi connectivity index (χ1) is 9.00. The van der Waals surface area contributed by atoms with Gasteiger partial charge in [-0.3, -0.25) is 9.59 Å². The van der Waals surface area contributed by atoms with Gasteiger partial charge in [-0.2, -0.15) is 0 Å². The van der Waals surface area contributed by atoms with Gasteiger partial charge in [-0.1, -0.05) is 36.4 Å². The highest BCUT2D eigenvalue weighted by Crippen LogP contribution is 2.26. The van der Waals surface area contributed by atoms with Gasteiger partial charge in [0.25, 0.3) is 0 Å². The van der Waals surface area contributed by atoms with Crippen molar-refractivity contribution in [3.63, 3.8) is 0 Å². The van der Waals surface area contributed by atoms with Crippen molar-refractivity contribution in [3.05, 3.63) is 59.2 Å². The molecule has 2 heteroatoms. The average Bonchev–Trinajstić information content (AvgIpc) is 2.41. The molecule has 0 saturated carbocycles. The number of hydrogen-bond donors (Lipinski definition) is 0. The molecule has 0 aliphatic rings. The summed E-state index contributed by atoms with van der Waals surface area (Å²) in [6, 6.07) is 13.3. The van der Waals surface area contributed by atoms with E-state index >= 15 is 0 Å². The van der Waals surface area contributed by atoms with Gasteiger partial charge >= 0.3 is 0 Å². The van der Waals surface area contributed by atoms with E-state index in [0.29, 0.717) is 5.56 Å². The summed E-state index contributed by atoms with van der Waals surface area (Å²) in [5, 5.41) is 0. The van der Waals surface area contributed by atoms with E-state index in [1.165, 1.54) is 18.1 Å². The van der Waals surface area contributed by atoms with Crippen LogP contribution in [0.3, 0.4) is 0 Å². The maximum absolute atomic E-state index is 11.7. The minimum absolute atomic E-state index is 0.432. The monoisotopic (exact) mass is 252 g/mol. The zero-order chi connectivity index (χ0) is 14.0. The Kier molecular flexibility index (Phi) is 3.61. The maximum Gasteiger partial charge on any atom is 0.228 e. The summed E-state index contributed by atoms with van der Waals surface area (Å²) in [6.07, 6.45) is 0. The summed E-state index contributed by atoms with van der Waals surface area (Å²) in [6.45, 7) is 5.42. The van der Waals surface area contributed by atoms with Crippen LogP contribution in [0.4, 0.5) is 0 Å². The third-order valence-electron chi connectivity index (χ3n) is 3.36. The van der Waals surface area contributed by atoms with Gasteiger partial charge in [-0.05, 0) is 42.2 Å². The molecule has 0 unspecified atom stereocenters. The fourth-order valence-corrected chi connectivity index (χ4v) is 2.10. The lowest BCUT2D eigenvalue weighted by molar-refractivity contribution is -0.113. The molecule has 0 radical (unpaired) electrons. The first-order valence-electron chi connectivity index (χ1n) is 6.22. The Morgan fingerprint density at radius 2 is 1.63 bits per heavy atom. The Bertz CT molecular complexity index is 654. The third-order valence-corrected chi connectivity index (χ3v) is 3.36. The summed E-state index contributed by atoms with van der Waals surface area (Å²) in [5.41, 5.74) is 4.91. The number of benzene rings is 2. The molecule has 0 spiro atoms. The molecule has 0 bridgehead atoms. The minimum Gasteiger partial charge on any atom is -0.291 e. The van der Waals surface area contributed by atoms with Crippen LogP contribution in [0.2, 0.25) is 0 Å². The number of carbonyl (C=O) groups is 2. The van der Waals surface area contributed by atoms with Crippen molar-refractivity contribution in [2.24, 2.45) is 0 Å². The summed E-state index contributed by atoms with van der Waals surface area (Å²) < 4.78 is 0. The molecule has 0 fully saturated rings. The zero-order valence-electron chi connectivity index (χ0n) is 11.4. The zero-order valence-corrected chi connectivity index (χ0v) is 11.4. The van der Waals surface area contributed by atoms with Gasteiger partial charge < -0.3 is 0 Å². The van der Waals surface area contributed by atoms with Crippen molar-refractivity contribution in [1.29, 1.82) is 0 Å². The van der Waals surface area contributed by atoms with E-state index in [-0.39, 0.29) is 0 Å². The van der Waals surface area contributed by atoms with Crippen LogP contribution >= 0.6 is 0 Å². The van der Waals surface area contributed by atoms with Crippen LogP contribution in [0.5, 0.6) is 0 Å². The van der Waals surface area contributed by atoms with Gasteiger partial charge in [0.1, 0.15) is 0 Å². The van der Waals surface area contributed by atoms with Gasteiger partial charge in [0.15, 0.2) is 5.78 Å². The van der Waals surface area contributed by atoms with Crippen LogP contribution < -0.4 is 0 Å². The van der Waals surface area contributed by atoms with Crippen molar-refractivity contribution in [2.45, 2.75) is 20.8 Å². The molecule has 0 heterocycles. The Labute approximate surface area is 113 Å². The Hall–Kier alpha value is -2.22. The molecule has 0 saturated heterocycles. The molecule has 0 aliphatic carbocycles. The van der Waals surface area contributed by atoms with Crippen LogP contribution in [0.1, 0.15) is 28.4 Å². The lowest BCUT2D eigenvalue weighted by Crippen LogP contribution is -2.09. The normalized spacial score (nSPS) is 10.3. The average molecular weight is 252 g/mol. The van der Waals surface area contributed by atoms with Crippen molar-refractivity contribution < 1.29 is 9.59 Å². The number of ketones is 2. The Balaban J connectivity index is 2.52. The lowest BCUT2D eigenvalue weighted by atomic mass is 9.95. The molecule has 2 aromatic rings. The Morgan fingerprint density at radius 3 is 2.32 bits per heavy atom. The van der Waals surface area contributed by atoms with E-state index in [2.05, 4.69) is 19.9 Å². The number of rotatable bonds is 3. The SMILES string of the molecule is CC(=O)C(=O)c1cccc(-c2cccc(C)c2C)c1. The molecule has 0 N–H and O–H groups in total. The van der Waals surface area contributed by atoms with Crippen LogP contribution in [0.15, 0.2) is 42.5 Å². The molecule has 19 heavy (non-hydrogen) atoms. The number of hydrogen-bond acceptors (Lipinski definition) is 2. The minimum atomic E-state index is -0.438. The van der Waals surface area contributed by atoms with Gasteiger partial charge in [0.2, 0.25) is 5.78 Å². The Morgan fingerprint density at radius 1 is 0.947 bits per heavy atom. The largest absolute Gasteiger partial charge is 0.291 e. The van der Waals surface area contributed by atoms with Gasteiger partial charge in [-0.25, -0.2) is 0 Å². The van der Waals surface area contributed by atoms with E-state index in [1.54, 1.807) is 12.1 Å². The highest BCUT2D eigenvalue weighted by atomic mass is 16.2. The third kappa shape index (κ3) is 2.63. The van der Waals surface area contributed by atoms with Crippen LogP contribution in [-0.4, -0.2) is 11.6 Å². The number of aryl methyl sites for hydroxylation is 1. The highest BCUT2D eigenvalue weighted by Gasteiger charge is 2.12. The lowest BCUT2D eigenvalue weighted by Gasteiger charge is -2.09. The summed E-state index contributed by atoms with van der Waals surface area (Å²) in [5.74, 6) is -0.870. The van der Waals surface area contributed by atoms with Gasteiger partial charge in [-0.15, -0.1) is 0 Å². The molecular weight excluding hydrogens is 236 g/mol. The summed E-state index contributed by atoms with van der Waals surface area (Å²) in [7, 11) is 0. The first-order valence-corrected chi connectivity index (χ1v) is 6.22. The van der Waals surface area contributed by atoms with Crippen LogP contribution in [0, 0.1) is 13.8 Å². The molecule has 0 aliphatic heterocycles. The predicted molar refractivity (Wildman–Crippen MR) is 76.4 cm³/mol. The predicted octanol–water partition coefficient (Wildman–Crippen LogP) is 3.74. The second-order valence-electron chi connectivity index (χ2n) is 4.71. The smallest absolute Gasteiger partial charge is 0.228 e. The second kappa shape index (κ2) is 5.19. The molecule has 0 aromatic heterocycles. The second-order valence-corrected chi connectivity index (χ2v) is 4.71. The van der Waals surface area contributed by atoms with Crippen molar-refractivity contribution in [2.75, 3.05) is 0 Å². The number of carbonyl (C=O) groups excluding carboxylic acids is 2. The summed E-state index contributed by atoms with van der Waals surface area (Å²) >= 11 is 0. The van der Waals surface area contributed by atoms with E-state index in [1.807, 2.05) is 24.3 Å². The molecule has 96 valence electrons. The fraction of sp³-hybridized carbons (Fsp3) is 0.176. The number of Topliss-reactive ketones (excluding diaryl/α,β-unsaturated/α-hetero) is 2. The maximum atomic E-state index is 11.7. The topological polar surface area (TPSA) is 34.1 Å².